The lowest BCUT2D eigenvalue weighted by Crippen LogP contribution is -2.42. The average Bonchev–Trinajstić information content (AvgIpc) is 2.56. The Kier molecular flexibility index (Phi) is 6.40. The standard InChI is InChI=1S/C18H24N2O2/c1-22-16-9-5-8-15(10-16)12-20-13-18(21)17(19)11-14-6-3-2-4-7-14/h2-10,17-18,20-21H,11-13,19H2,1H3. The van der Waals surface area contributed by atoms with Gasteiger partial charge in [-0.05, 0) is 29.7 Å². The van der Waals surface area contributed by atoms with Crippen LogP contribution in [0, 0.1) is 0 Å². The van der Waals surface area contributed by atoms with Crippen LogP contribution in [0.1, 0.15) is 11.1 Å². The van der Waals surface area contributed by atoms with Gasteiger partial charge in [0, 0.05) is 19.1 Å². The summed E-state index contributed by atoms with van der Waals surface area (Å²) in [6.45, 7) is 1.14. The smallest absolute Gasteiger partial charge is 0.119 e. The largest absolute Gasteiger partial charge is 0.497 e. The first-order valence-corrected chi connectivity index (χ1v) is 7.50. The molecule has 4 heteroatoms. The quantitative estimate of drug-likeness (QED) is 0.694. The van der Waals surface area contributed by atoms with Crippen molar-refractivity contribution in [1.82, 2.24) is 5.32 Å². The van der Waals surface area contributed by atoms with Crippen molar-refractivity contribution in [3.05, 3.63) is 65.7 Å². The molecule has 0 bridgehead atoms. The maximum absolute atomic E-state index is 10.1. The highest BCUT2D eigenvalue weighted by atomic mass is 16.5. The van der Waals surface area contributed by atoms with E-state index in [-0.39, 0.29) is 6.04 Å². The minimum absolute atomic E-state index is 0.278. The molecule has 0 radical (unpaired) electrons. The van der Waals surface area contributed by atoms with Gasteiger partial charge in [-0.15, -0.1) is 0 Å². The van der Waals surface area contributed by atoms with Gasteiger partial charge in [0.2, 0.25) is 0 Å². The van der Waals surface area contributed by atoms with Crippen LogP contribution in [-0.4, -0.2) is 30.9 Å². The Labute approximate surface area is 131 Å². The number of rotatable bonds is 8. The summed E-state index contributed by atoms with van der Waals surface area (Å²) >= 11 is 0. The third kappa shape index (κ3) is 5.15. The van der Waals surface area contributed by atoms with E-state index in [1.165, 1.54) is 0 Å². The first-order chi connectivity index (χ1) is 10.7. The van der Waals surface area contributed by atoms with Crippen molar-refractivity contribution in [2.45, 2.75) is 25.1 Å². The maximum Gasteiger partial charge on any atom is 0.119 e. The van der Waals surface area contributed by atoms with E-state index in [0.29, 0.717) is 19.5 Å². The Morgan fingerprint density at radius 2 is 1.82 bits per heavy atom. The van der Waals surface area contributed by atoms with E-state index in [1.807, 2.05) is 54.6 Å². The van der Waals surface area contributed by atoms with Crippen LogP contribution in [0.15, 0.2) is 54.6 Å². The predicted octanol–water partition coefficient (Wildman–Crippen LogP) is 1.72. The molecule has 0 aliphatic carbocycles. The van der Waals surface area contributed by atoms with Crippen molar-refractivity contribution in [3.8, 4) is 5.75 Å². The molecular formula is C18H24N2O2. The summed E-state index contributed by atoms with van der Waals surface area (Å²) < 4.78 is 5.19. The lowest BCUT2D eigenvalue weighted by molar-refractivity contribution is 0.141. The van der Waals surface area contributed by atoms with Crippen molar-refractivity contribution < 1.29 is 9.84 Å². The van der Waals surface area contributed by atoms with Crippen molar-refractivity contribution in [3.63, 3.8) is 0 Å². The zero-order valence-electron chi connectivity index (χ0n) is 12.9. The Morgan fingerprint density at radius 1 is 1.09 bits per heavy atom. The number of methoxy groups -OCH3 is 1. The van der Waals surface area contributed by atoms with Crippen molar-refractivity contribution in [2.75, 3.05) is 13.7 Å². The Balaban J connectivity index is 1.76. The minimum atomic E-state index is -0.578. The SMILES string of the molecule is COc1cccc(CNCC(O)C(N)Cc2ccccc2)c1. The molecule has 0 aliphatic heterocycles. The number of ether oxygens (including phenoxy) is 1. The van der Waals surface area contributed by atoms with E-state index < -0.39 is 6.10 Å². The molecular weight excluding hydrogens is 276 g/mol. The van der Waals surface area contributed by atoms with Crippen LogP contribution in [0.2, 0.25) is 0 Å². The molecule has 0 saturated carbocycles. The van der Waals surface area contributed by atoms with Crippen LogP contribution in [0.5, 0.6) is 5.75 Å². The van der Waals surface area contributed by atoms with Crippen LogP contribution in [0.25, 0.3) is 0 Å². The zero-order chi connectivity index (χ0) is 15.8. The van der Waals surface area contributed by atoms with Gasteiger partial charge in [-0.2, -0.15) is 0 Å². The fourth-order valence-corrected chi connectivity index (χ4v) is 2.32. The molecule has 2 rings (SSSR count). The molecule has 2 aromatic carbocycles. The number of nitrogens with two attached hydrogens (primary N) is 1. The summed E-state index contributed by atoms with van der Waals surface area (Å²) in [6, 6.07) is 17.6. The van der Waals surface area contributed by atoms with Gasteiger partial charge >= 0.3 is 0 Å². The van der Waals surface area contributed by atoms with Crippen LogP contribution in [0.4, 0.5) is 0 Å². The summed E-state index contributed by atoms with van der Waals surface area (Å²) in [5, 5.41) is 13.4. The minimum Gasteiger partial charge on any atom is -0.497 e. The molecule has 0 amide bonds. The second kappa shape index (κ2) is 8.54. The Hall–Kier alpha value is -1.88. The van der Waals surface area contributed by atoms with Gasteiger partial charge in [-0.25, -0.2) is 0 Å². The molecule has 0 spiro atoms. The monoisotopic (exact) mass is 300 g/mol. The lowest BCUT2D eigenvalue weighted by atomic mass is 10.0. The van der Waals surface area contributed by atoms with Crippen molar-refractivity contribution >= 4 is 0 Å². The molecule has 118 valence electrons. The summed E-state index contributed by atoms with van der Waals surface area (Å²) in [6.07, 6.45) is 0.0915. The number of hydrogen-bond donors (Lipinski definition) is 3. The molecule has 0 aromatic heterocycles. The molecule has 0 fully saturated rings. The summed E-state index contributed by atoms with van der Waals surface area (Å²) in [5.74, 6) is 0.834. The van der Waals surface area contributed by atoms with E-state index >= 15 is 0 Å². The van der Waals surface area contributed by atoms with Crippen LogP contribution >= 0.6 is 0 Å². The normalized spacial score (nSPS) is 13.6. The van der Waals surface area contributed by atoms with Gasteiger partial charge in [0.25, 0.3) is 0 Å². The molecule has 4 nitrogen and oxygen atoms in total. The lowest BCUT2D eigenvalue weighted by Gasteiger charge is -2.19. The number of aliphatic hydroxyl groups excluding tert-OH is 1. The van der Waals surface area contributed by atoms with Crippen molar-refractivity contribution in [2.24, 2.45) is 5.73 Å². The molecule has 0 saturated heterocycles. The van der Waals surface area contributed by atoms with Crippen molar-refractivity contribution in [1.29, 1.82) is 0 Å². The van der Waals surface area contributed by atoms with Gasteiger partial charge in [-0.1, -0.05) is 42.5 Å². The average molecular weight is 300 g/mol. The fourth-order valence-electron chi connectivity index (χ4n) is 2.32. The van der Waals surface area contributed by atoms with E-state index in [0.717, 1.165) is 16.9 Å². The number of nitrogens with one attached hydrogen (secondary N) is 1. The molecule has 0 aliphatic rings. The molecule has 2 aromatic rings. The third-order valence-corrected chi connectivity index (χ3v) is 3.63. The summed E-state index contributed by atoms with van der Waals surface area (Å²) in [4.78, 5) is 0. The summed E-state index contributed by atoms with van der Waals surface area (Å²) in [7, 11) is 1.65. The molecule has 2 unspecified atom stereocenters. The molecule has 0 heterocycles. The number of aliphatic hydroxyl groups is 1. The highest BCUT2D eigenvalue weighted by molar-refractivity contribution is 5.28. The second-order valence-electron chi connectivity index (χ2n) is 5.40. The number of benzene rings is 2. The highest BCUT2D eigenvalue weighted by Crippen LogP contribution is 2.12. The highest BCUT2D eigenvalue weighted by Gasteiger charge is 2.14. The Bertz CT molecular complexity index is 560. The molecule has 2 atom stereocenters. The summed E-state index contributed by atoms with van der Waals surface area (Å²) in [5.41, 5.74) is 8.32. The van der Waals surface area contributed by atoms with Gasteiger partial charge in [0.15, 0.2) is 0 Å². The van der Waals surface area contributed by atoms with Crippen LogP contribution in [-0.2, 0) is 13.0 Å². The van der Waals surface area contributed by atoms with E-state index in [2.05, 4.69) is 5.32 Å². The van der Waals surface area contributed by atoms with Crippen LogP contribution < -0.4 is 15.8 Å². The van der Waals surface area contributed by atoms with E-state index in [1.54, 1.807) is 7.11 Å². The first kappa shape index (κ1) is 16.5. The van der Waals surface area contributed by atoms with Gasteiger partial charge in [0.05, 0.1) is 13.2 Å². The predicted molar refractivity (Wildman–Crippen MR) is 88.8 cm³/mol. The Morgan fingerprint density at radius 3 is 2.55 bits per heavy atom. The zero-order valence-corrected chi connectivity index (χ0v) is 12.9. The fraction of sp³-hybridized carbons (Fsp3) is 0.333. The second-order valence-corrected chi connectivity index (χ2v) is 5.40. The third-order valence-electron chi connectivity index (χ3n) is 3.63. The maximum atomic E-state index is 10.1. The van der Waals surface area contributed by atoms with Crippen LogP contribution in [0.3, 0.4) is 0 Å². The molecule has 22 heavy (non-hydrogen) atoms. The number of hydrogen-bond acceptors (Lipinski definition) is 4. The first-order valence-electron chi connectivity index (χ1n) is 7.50. The van der Waals surface area contributed by atoms with E-state index in [9.17, 15) is 5.11 Å². The van der Waals surface area contributed by atoms with Gasteiger partial charge in [0.1, 0.15) is 5.75 Å². The van der Waals surface area contributed by atoms with Gasteiger partial charge < -0.3 is 20.9 Å². The topological polar surface area (TPSA) is 67.5 Å². The molecule has 4 N–H and O–H groups in total. The van der Waals surface area contributed by atoms with E-state index in [4.69, 9.17) is 10.5 Å². The van der Waals surface area contributed by atoms with Gasteiger partial charge in [-0.3, -0.25) is 0 Å².